The molecule has 8 heteroatoms. The second-order valence-corrected chi connectivity index (χ2v) is 8.77. The molecule has 25 heavy (non-hydrogen) atoms. The third-order valence-corrected chi connectivity index (χ3v) is 6.60. The number of sulfonamides is 1. The van der Waals surface area contributed by atoms with Gasteiger partial charge >= 0.3 is 0 Å². The number of benzene rings is 1. The lowest BCUT2D eigenvalue weighted by molar-refractivity contribution is 0.102. The van der Waals surface area contributed by atoms with Crippen molar-refractivity contribution in [1.29, 1.82) is 0 Å². The molecule has 0 aliphatic carbocycles. The number of thiophene rings is 1. The van der Waals surface area contributed by atoms with Crippen LogP contribution in [0.15, 0.2) is 39.9 Å². The van der Waals surface area contributed by atoms with Crippen molar-refractivity contribution < 1.29 is 13.2 Å². The maximum absolute atomic E-state index is 12.5. The summed E-state index contributed by atoms with van der Waals surface area (Å²) in [5, 5.41) is 9.51. The zero-order valence-corrected chi connectivity index (χ0v) is 15.4. The SMILES string of the molecule is NS(=O)(=O)c1cc(C(=O)Nc2ccccc2N2CCCCCC2)cs1. The number of anilines is 2. The first-order valence-corrected chi connectivity index (χ1v) is 10.6. The Bertz CT molecular complexity index is 854. The van der Waals surface area contributed by atoms with E-state index in [2.05, 4.69) is 10.2 Å². The van der Waals surface area contributed by atoms with E-state index in [0.29, 0.717) is 5.56 Å². The topological polar surface area (TPSA) is 92.5 Å². The van der Waals surface area contributed by atoms with Gasteiger partial charge in [0.15, 0.2) is 0 Å². The van der Waals surface area contributed by atoms with E-state index >= 15 is 0 Å². The molecule has 134 valence electrons. The van der Waals surface area contributed by atoms with Gasteiger partial charge in [-0.15, -0.1) is 11.3 Å². The lowest BCUT2D eigenvalue weighted by Crippen LogP contribution is -2.25. The van der Waals surface area contributed by atoms with E-state index in [1.165, 1.54) is 24.3 Å². The number of nitrogens with one attached hydrogen (secondary N) is 1. The van der Waals surface area contributed by atoms with Crippen LogP contribution in [0.3, 0.4) is 0 Å². The summed E-state index contributed by atoms with van der Waals surface area (Å²) in [6.45, 7) is 1.95. The van der Waals surface area contributed by atoms with Gasteiger partial charge in [-0.2, -0.15) is 0 Å². The highest BCUT2D eigenvalue weighted by Crippen LogP contribution is 2.29. The summed E-state index contributed by atoms with van der Waals surface area (Å²) in [6, 6.07) is 9.01. The predicted molar refractivity (Wildman–Crippen MR) is 101 cm³/mol. The van der Waals surface area contributed by atoms with Gasteiger partial charge in [-0.25, -0.2) is 13.6 Å². The van der Waals surface area contributed by atoms with Gasteiger partial charge in [0, 0.05) is 18.5 Å². The summed E-state index contributed by atoms with van der Waals surface area (Å²) in [5.41, 5.74) is 2.03. The molecule has 6 nitrogen and oxygen atoms in total. The third kappa shape index (κ3) is 4.39. The molecule has 0 radical (unpaired) electrons. The number of rotatable bonds is 4. The summed E-state index contributed by atoms with van der Waals surface area (Å²) in [4.78, 5) is 14.8. The van der Waals surface area contributed by atoms with Crippen LogP contribution in [0, 0.1) is 0 Å². The van der Waals surface area contributed by atoms with Crippen LogP contribution >= 0.6 is 11.3 Å². The molecule has 1 aliphatic heterocycles. The van der Waals surface area contributed by atoms with Crippen LogP contribution in [0.4, 0.5) is 11.4 Å². The van der Waals surface area contributed by atoms with Crippen LogP contribution in [-0.4, -0.2) is 27.4 Å². The fourth-order valence-electron chi connectivity index (χ4n) is 2.95. The van der Waals surface area contributed by atoms with Crippen molar-refractivity contribution >= 4 is 38.6 Å². The summed E-state index contributed by atoms with van der Waals surface area (Å²) in [7, 11) is -3.79. The first kappa shape index (κ1) is 17.9. The molecule has 1 fully saturated rings. The minimum atomic E-state index is -3.79. The zero-order valence-electron chi connectivity index (χ0n) is 13.8. The Morgan fingerprint density at radius 3 is 2.44 bits per heavy atom. The molecular weight excluding hydrogens is 358 g/mol. The van der Waals surface area contributed by atoms with E-state index in [1.54, 1.807) is 0 Å². The molecule has 0 bridgehead atoms. The quantitative estimate of drug-likeness (QED) is 0.854. The molecule has 3 rings (SSSR count). The fourth-order valence-corrected chi connectivity index (χ4v) is 4.53. The zero-order chi connectivity index (χ0) is 17.9. The Morgan fingerprint density at radius 2 is 1.80 bits per heavy atom. The molecule has 0 unspecified atom stereocenters. The van der Waals surface area contributed by atoms with Gasteiger partial charge in [0.1, 0.15) is 4.21 Å². The van der Waals surface area contributed by atoms with Crippen molar-refractivity contribution in [3.05, 3.63) is 41.3 Å². The average Bonchev–Trinajstić information content (AvgIpc) is 2.93. The molecule has 3 N–H and O–H groups in total. The van der Waals surface area contributed by atoms with Gasteiger partial charge in [-0.05, 0) is 31.0 Å². The molecule has 1 saturated heterocycles. The van der Waals surface area contributed by atoms with E-state index in [-0.39, 0.29) is 10.1 Å². The maximum Gasteiger partial charge on any atom is 0.256 e. The summed E-state index contributed by atoms with van der Waals surface area (Å²) < 4.78 is 22.7. The molecule has 0 atom stereocenters. The molecule has 2 aromatic rings. The van der Waals surface area contributed by atoms with Crippen molar-refractivity contribution in [2.24, 2.45) is 5.14 Å². The third-order valence-electron chi connectivity index (χ3n) is 4.22. The number of primary sulfonamides is 1. The van der Waals surface area contributed by atoms with E-state index in [0.717, 1.165) is 48.6 Å². The van der Waals surface area contributed by atoms with Crippen LogP contribution < -0.4 is 15.4 Å². The second-order valence-electron chi connectivity index (χ2n) is 6.07. The molecule has 0 spiro atoms. The summed E-state index contributed by atoms with van der Waals surface area (Å²) in [6.07, 6.45) is 4.75. The lowest BCUT2D eigenvalue weighted by Gasteiger charge is -2.25. The van der Waals surface area contributed by atoms with Gasteiger partial charge in [0.25, 0.3) is 5.91 Å². The van der Waals surface area contributed by atoms with Crippen LogP contribution in [0.25, 0.3) is 0 Å². The molecule has 1 aromatic carbocycles. The highest BCUT2D eigenvalue weighted by Gasteiger charge is 2.18. The number of carbonyl (C=O) groups excluding carboxylic acids is 1. The number of nitrogens with two attached hydrogens (primary N) is 1. The Balaban J connectivity index is 1.80. The average molecular weight is 380 g/mol. The van der Waals surface area contributed by atoms with E-state index in [1.807, 2.05) is 24.3 Å². The van der Waals surface area contributed by atoms with Gasteiger partial charge in [0.2, 0.25) is 10.0 Å². The molecule has 1 amide bonds. The highest BCUT2D eigenvalue weighted by molar-refractivity contribution is 7.91. The smallest absolute Gasteiger partial charge is 0.256 e. The monoisotopic (exact) mass is 379 g/mol. The Labute approximate surface area is 151 Å². The van der Waals surface area contributed by atoms with E-state index in [4.69, 9.17) is 5.14 Å². The predicted octanol–water partition coefficient (Wildman–Crippen LogP) is 3.03. The minimum Gasteiger partial charge on any atom is -0.370 e. The van der Waals surface area contributed by atoms with Gasteiger partial charge in [0.05, 0.1) is 16.9 Å². The van der Waals surface area contributed by atoms with Crippen molar-refractivity contribution in [2.75, 3.05) is 23.3 Å². The molecule has 1 aliphatic rings. The Hall–Kier alpha value is -1.90. The lowest BCUT2D eigenvalue weighted by atomic mass is 10.2. The van der Waals surface area contributed by atoms with Crippen LogP contribution in [0.5, 0.6) is 0 Å². The van der Waals surface area contributed by atoms with Crippen molar-refractivity contribution in [3.8, 4) is 0 Å². The van der Waals surface area contributed by atoms with Crippen molar-refractivity contribution in [2.45, 2.75) is 29.9 Å². The van der Waals surface area contributed by atoms with Crippen LogP contribution in [-0.2, 0) is 10.0 Å². The Kier molecular flexibility index (Phi) is 5.41. The number of para-hydroxylation sites is 2. The first-order valence-electron chi connectivity index (χ1n) is 8.22. The first-order chi connectivity index (χ1) is 11.9. The molecule has 2 heterocycles. The normalized spacial score (nSPS) is 15.6. The highest BCUT2D eigenvalue weighted by atomic mass is 32.2. The van der Waals surface area contributed by atoms with Gasteiger partial charge in [-0.1, -0.05) is 25.0 Å². The van der Waals surface area contributed by atoms with Crippen molar-refractivity contribution in [1.82, 2.24) is 0 Å². The largest absolute Gasteiger partial charge is 0.370 e. The van der Waals surface area contributed by atoms with E-state index in [9.17, 15) is 13.2 Å². The molecular formula is C17H21N3O3S2. The van der Waals surface area contributed by atoms with E-state index < -0.39 is 10.0 Å². The fraction of sp³-hybridized carbons (Fsp3) is 0.353. The summed E-state index contributed by atoms with van der Waals surface area (Å²) >= 11 is 0.946. The number of hydrogen-bond donors (Lipinski definition) is 2. The van der Waals surface area contributed by atoms with Crippen LogP contribution in [0.2, 0.25) is 0 Å². The van der Waals surface area contributed by atoms with Crippen molar-refractivity contribution in [3.63, 3.8) is 0 Å². The van der Waals surface area contributed by atoms with Gasteiger partial charge < -0.3 is 10.2 Å². The summed E-state index contributed by atoms with van der Waals surface area (Å²) in [5.74, 6) is -0.339. The van der Waals surface area contributed by atoms with Crippen LogP contribution in [0.1, 0.15) is 36.0 Å². The maximum atomic E-state index is 12.5. The Morgan fingerprint density at radius 1 is 1.12 bits per heavy atom. The molecule has 0 saturated carbocycles. The second kappa shape index (κ2) is 7.55. The van der Waals surface area contributed by atoms with Gasteiger partial charge in [-0.3, -0.25) is 4.79 Å². The number of amides is 1. The number of hydrogen-bond acceptors (Lipinski definition) is 5. The number of carbonyl (C=O) groups is 1. The standard InChI is InChI=1S/C17H21N3O3S2/c18-25(22,23)16-11-13(12-24-16)17(21)19-14-7-3-4-8-15(14)20-9-5-1-2-6-10-20/h3-4,7-8,11-12H,1-2,5-6,9-10H2,(H,19,21)(H2,18,22,23). The molecule has 1 aromatic heterocycles. The minimum absolute atomic E-state index is 0.0153. The number of nitrogens with zero attached hydrogens (tertiary/aromatic N) is 1.